The molecule has 1 heterocycles. The minimum absolute atomic E-state index is 0.0608. The Bertz CT molecular complexity index is 1320. The minimum Gasteiger partial charge on any atom is -0.493 e. The summed E-state index contributed by atoms with van der Waals surface area (Å²) in [4.78, 5) is 15.2. The zero-order chi connectivity index (χ0) is 22.1. The fraction of sp³-hybridized carbons (Fsp3) is 0.192. The van der Waals surface area contributed by atoms with E-state index >= 15 is 0 Å². The quantitative estimate of drug-likeness (QED) is 0.358. The van der Waals surface area contributed by atoms with Gasteiger partial charge in [0, 0.05) is 16.5 Å². The van der Waals surface area contributed by atoms with E-state index in [1.807, 2.05) is 38.1 Å². The molecule has 5 heteroatoms. The van der Waals surface area contributed by atoms with Crippen molar-refractivity contribution in [3.8, 4) is 22.8 Å². The van der Waals surface area contributed by atoms with Crippen LogP contribution >= 0.6 is 11.8 Å². The lowest BCUT2D eigenvalue weighted by Gasteiger charge is -2.13. The van der Waals surface area contributed by atoms with Crippen LogP contribution in [0, 0.1) is 20.8 Å². The van der Waals surface area contributed by atoms with E-state index in [1.54, 1.807) is 32.0 Å². The van der Waals surface area contributed by atoms with Gasteiger partial charge in [-0.15, -0.1) is 0 Å². The van der Waals surface area contributed by atoms with Gasteiger partial charge in [-0.1, -0.05) is 35.5 Å². The minimum atomic E-state index is -0.0608. The van der Waals surface area contributed by atoms with Gasteiger partial charge in [0.25, 0.3) is 0 Å². The van der Waals surface area contributed by atoms with Crippen LogP contribution in [0.4, 0.5) is 0 Å². The summed E-state index contributed by atoms with van der Waals surface area (Å²) in [6.07, 6.45) is 0. The molecule has 0 atom stereocenters. The molecule has 0 bridgehead atoms. The highest BCUT2D eigenvalue weighted by Crippen LogP contribution is 2.39. The third-order valence-electron chi connectivity index (χ3n) is 5.25. The van der Waals surface area contributed by atoms with Gasteiger partial charge < -0.3 is 13.9 Å². The molecule has 0 spiro atoms. The average Bonchev–Trinajstić information content (AvgIpc) is 2.76. The van der Waals surface area contributed by atoms with Gasteiger partial charge >= 0.3 is 0 Å². The number of ether oxygens (including phenoxy) is 2. The van der Waals surface area contributed by atoms with Crippen LogP contribution in [0.2, 0.25) is 0 Å². The lowest BCUT2D eigenvalue weighted by molar-refractivity contribution is 0.355. The molecule has 4 rings (SSSR count). The average molecular weight is 433 g/mol. The largest absolute Gasteiger partial charge is 0.493 e. The van der Waals surface area contributed by atoms with E-state index < -0.39 is 0 Å². The van der Waals surface area contributed by atoms with Crippen molar-refractivity contribution in [2.75, 3.05) is 14.2 Å². The predicted octanol–water partition coefficient (Wildman–Crippen LogP) is 6.55. The van der Waals surface area contributed by atoms with Crippen LogP contribution in [0.3, 0.4) is 0 Å². The van der Waals surface area contributed by atoms with Gasteiger partial charge in [0.15, 0.2) is 22.5 Å². The molecule has 0 aliphatic carbocycles. The number of fused-ring (bicyclic) bond motifs is 1. The zero-order valence-electron chi connectivity index (χ0n) is 18.2. The Labute approximate surface area is 185 Å². The van der Waals surface area contributed by atoms with Crippen molar-refractivity contribution in [3.05, 3.63) is 81.5 Å². The number of aryl methyl sites for hydroxylation is 3. The van der Waals surface area contributed by atoms with Gasteiger partial charge in [-0.3, -0.25) is 4.79 Å². The monoisotopic (exact) mass is 432 g/mol. The summed E-state index contributed by atoms with van der Waals surface area (Å²) in [7, 11) is 3.18. The maximum atomic E-state index is 13.1. The molecule has 0 unspecified atom stereocenters. The Morgan fingerprint density at radius 3 is 2.19 bits per heavy atom. The molecule has 0 aliphatic rings. The Hall–Kier alpha value is -3.18. The second-order valence-corrected chi connectivity index (χ2v) is 8.59. The lowest BCUT2D eigenvalue weighted by Crippen LogP contribution is -2.04. The molecule has 0 saturated heterocycles. The standard InChI is InChI=1S/C26H24O4S/c1-15-6-9-19(10-7-15)31-26-17(3)12-16(2)24-20(27)14-22(30-25(24)26)18-8-11-21(28-4)23(13-18)29-5/h6-14H,1-5H3. The van der Waals surface area contributed by atoms with Crippen LogP contribution in [0.15, 0.2) is 73.6 Å². The highest BCUT2D eigenvalue weighted by atomic mass is 32.2. The van der Waals surface area contributed by atoms with E-state index in [2.05, 4.69) is 31.2 Å². The molecule has 0 aliphatic heterocycles. The van der Waals surface area contributed by atoms with Crippen molar-refractivity contribution in [1.29, 1.82) is 0 Å². The van der Waals surface area contributed by atoms with Crippen LogP contribution in [0.5, 0.6) is 11.5 Å². The van der Waals surface area contributed by atoms with Crippen molar-refractivity contribution in [2.45, 2.75) is 30.6 Å². The maximum absolute atomic E-state index is 13.1. The molecular weight excluding hydrogens is 408 g/mol. The summed E-state index contributed by atoms with van der Waals surface area (Å²) in [5, 5.41) is 0.615. The molecule has 158 valence electrons. The molecule has 1 aromatic heterocycles. The summed E-state index contributed by atoms with van der Waals surface area (Å²) in [5.41, 5.74) is 4.49. The van der Waals surface area contributed by atoms with Gasteiger partial charge in [0.05, 0.1) is 24.5 Å². The van der Waals surface area contributed by atoms with E-state index in [4.69, 9.17) is 13.9 Å². The SMILES string of the molecule is COc1ccc(-c2cc(=O)c3c(C)cc(C)c(Sc4ccc(C)cc4)c3o2)cc1OC. The van der Waals surface area contributed by atoms with Crippen LogP contribution in [0.1, 0.15) is 16.7 Å². The first-order valence-corrected chi connectivity index (χ1v) is 10.8. The molecule has 0 N–H and O–H groups in total. The Balaban J connectivity index is 1.92. The highest BCUT2D eigenvalue weighted by molar-refractivity contribution is 7.99. The Morgan fingerprint density at radius 2 is 1.52 bits per heavy atom. The molecule has 0 saturated carbocycles. The van der Waals surface area contributed by atoms with Gasteiger partial charge in [-0.2, -0.15) is 0 Å². The number of methoxy groups -OCH3 is 2. The maximum Gasteiger partial charge on any atom is 0.193 e. The summed E-state index contributed by atoms with van der Waals surface area (Å²) >= 11 is 1.61. The van der Waals surface area contributed by atoms with Crippen LogP contribution in [0.25, 0.3) is 22.3 Å². The van der Waals surface area contributed by atoms with Crippen molar-refractivity contribution in [2.24, 2.45) is 0 Å². The Kier molecular flexibility index (Phi) is 5.79. The first-order chi connectivity index (χ1) is 14.9. The summed E-state index contributed by atoms with van der Waals surface area (Å²) in [6, 6.07) is 17.4. The van der Waals surface area contributed by atoms with Gasteiger partial charge in [-0.05, 0) is 62.2 Å². The van der Waals surface area contributed by atoms with Crippen LogP contribution in [-0.4, -0.2) is 14.2 Å². The van der Waals surface area contributed by atoms with E-state index in [0.717, 1.165) is 26.5 Å². The smallest absolute Gasteiger partial charge is 0.193 e. The molecule has 3 aromatic carbocycles. The topological polar surface area (TPSA) is 48.7 Å². The molecule has 4 aromatic rings. The fourth-order valence-corrected chi connectivity index (χ4v) is 4.62. The lowest BCUT2D eigenvalue weighted by atomic mass is 10.0. The zero-order valence-corrected chi connectivity index (χ0v) is 19.1. The summed E-state index contributed by atoms with van der Waals surface area (Å²) in [5.74, 6) is 1.70. The Morgan fingerprint density at radius 1 is 0.806 bits per heavy atom. The number of benzene rings is 3. The van der Waals surface area contributed by atoms with Crippen molar-refractivity contribution >= 4 is 22.7 Å². The first kappa shape index (κ1) is 21.1. The van der Waals surface area contributed by atoms with Crippen molar-refractivity contribution in [3.63, 3.8) is 0 Å². The van der Waals surface area contributed by atoms with Gasteiger partial charge in [0.2, 0.25) is 0 Å². The van der Waals surface area contributed by atoms with Crippen molar-refractivity contribution in [1.82, 2.24) is 0 Å². The normalized spacial score (nSPS) is 11.0. The molecular formula is C26H24O4S. The number of rotatable bonds is 5. The molecule has 0 fully saturated rings. The second-order valence-electron chi connectivity index (χ2n) is 7.50. The molecule has 0 amide bonds. The first-order valence-electron chi connectivity index (χ1n) is 9.96. The van der Waals surface area contributed by atoms with Crippen molar-refractivity contribution < 1.29 is 13.9 Å². The molecule has 31 heavy (non-hydrogen) atoms. The number of hydrogen-bond acceptors (Lipinski definition) is 5. The third-order valence-corrected chi connectivity index (χ3v) is 6.47. The van der Waals surface area contributed by atoms with E-state index in [9.17, 15) is 4.79 Å². The third kappa shape index (κ3) is 4.06. The highest BCUT2D eigenvalue weighted by Gasteiger charge is 2.17. The van der Waals surface area contributed by atoms with Gasteiger partial charge in [0.1, 0.15) is 5.76 Å². The molecule has 0 radical (unpaired) electrons. The van der Waals surface area contributed by atoms with Crippen LogP contribution in [-0.2, 0) is 0 Å². The van der Waals surface area contributed by atoms with Crippen LogP contribution < -0.4 is 14.9 Å². The second kappa shape index (κ2) is 8.52. The fourth-order valence-electron chi connectivity index (χ4n) is 3.65. The van der Waals surface area contributed by atoms with Gasteiger partial charge in [-0.25, -0.2) is 0 Å². The van der Waals surface area contributed by atoms with E-state index in [-0.39, 0.29) is 5.43 Å². The van der Waals surface area contributed by atoms with E-state index in [0.29, 0.717) is 28.2 Å². The molecule has 4 nitrogen and oxygen atoms in total. The summed E-state index contributed by atoms with van der Waals surface area (Å²) in [6.45, 7) is 6.06. The van der Waals surface area contributed by atoms with E-state index in [1.165, 1.54) is 5.56 Å². The predicted molar refractivity (Wildman–Crippen MR) is 126 cm³/mol. The number of hydrogen-bond donors (Lipinski definition) is 0. The summed E-state index contributed by atoms with van der Waals surface area (Å²) < 4.78 is 17.1.